The summed E-state index contributed by atoms with van der Waals surface area (Å²) in [5.41, 5.74) is 3.07. The van der Waals surface area contributed by atoms with E-state index in [0.717, 1.165) is 16.7 Å². The highest BCUT2D eigenvalue weighted by Crippen LogP contribution is 2.26. The van der Waals surface area contributed by atoms with Gasteiger partial charge in [-0.05, 0) is 16.7 Å². The number of esters is 1. The summed E-state index contributed by atoms with van der Waals surface area (Å²) >= 11 is 0. The number of carbonyl (C=O) groups is 1. The van der Waals surface area contributed by atoms with Crippen molar-refractivity contribution < 1.29 is 9.53 Å². The van der Waals surface area contributed by atoms with E-state index in [9.17, 15) is 4.79 Å². The van der Waals surface area contributed by atoms with Gasteiger partial charge in [0.05, 0.1) is 12.7 Å². The van der Waals surface area contributed by atoms with Crippen LogP contribution in [-0.4, -0.2) is 21.0 Å². The molecular formula is C23H19N3O2. The van der Waals surface area contributed by atoms with Crippen LogP contribution in [0.1, 0.15) is 33.3 Å². The van der Waals surface area contributed by atoms with Crippen molar-refractivity contribution in [2.75, 3.05) is 0 Å². The van der Waals surface area contributed by atoms with Crippen LogP contribution in [0.4, 0.5) is 0 Å². The fourth-order valence-electron chi connectivity index (χ4n) is 2.99. The number of nitrogens with zero attached hydrogens (tertiary/aromatic N) is 3. The second-order valence-corrected chi connectivity index (χ2v) is 6.39. The molecule has 0 saturated carbocycles. The second kappa shape index (κ2) is 8.31. The van der Waals surface area contributed by atoms with E-state index in [4.69, 9.17) is 4.74 Å². The average molecular weight is 369 g/mol. The lowest BCUT2D eigenvalue weighted by atomic mass is 10.0. The normalized spacial score (nSPS) is 10.8. The number of hydrogen-bond acceptors (Lipinski definition) is 4. The number of aromatic nitrogens is 3. The maximum Gasteiger partial charge on any atom is 0.361 e. The molecule has 138 valence electrons. The lowest BCUT2D eigenvalue weighted by Gasteiger charge is -2.18. The Morgan fingerprint density at radius 2 is 1.36 bits per heavy atom. The third-order valence-electron chi connectivity index (χ3n) is 4.36. The van der Waals surface area contributed by atoms with E-state index in [1.54, 1.807) is 10.9 Å². The smallest absolute Gasteiger partial charge is 0.361 e. The number of rotatable bonds is 6. The molecule has 0 N–H and O–H groups in total. The molecule has 0 amide bonds. The van der Waals surface area contributed by atoms with Crippen molar-refractivity contribution in [3.8, 4) is 0 Å². The predicted octanol–water partition coefficient (Wildman–Crippen LogP) is 4.27. The second-order valence-electron chi connectivity index (χ2n) is 6.39. The predicted molar refractivity (Wildman–Crippen MR) is 106 cm³/mol. The lowest BCUT2D eigenvalue weighted by molar-refractivity contribution is 0.0371. The van der Waals surface area contributed by atoms with Gasteiger partial charge in [0.25, 0.3) is 0 Å². The van der Waals surface area contributed by atoms with Crippen LogP contribution >= 0.6 is 0 Å². The molecular weight excluding hydrogens is 350 g/mol. The van der Waals surface area contributed by atoms with Crippen LogP contribution in [-0.2, 0) is 11.3 Å². The fourth-order valence-corrected chi connectivity index (χ4v) is 2.99. The zero-order valence-corrected chi connectivity index (χ0v) is 15.2. The molecule has 1 heterocycles. The summed E-state index contributed by atoms with van der Waals surface area (Å²) in [4.78, 5) is 12.7. The summed E-state index contributed by atoms with van der Waals surface area (Å²) in [5, 5.41) is 8.04. The van der Waals surface area contributed by atoms with Gasteiger partial charge < -0.3 is 4.74 Å². The molecule has 0 bridgehead atoms. The molecule has 0 spiro atoms. The van der Waals surface area contributed by atoms with E-state index in [1.807, 2.05) is 91.0 Å². The molecule has 5 nitrogen and oxygen atoms in total. The van der Waals surface area contributed by atoms with Crippen LogP contribution in [0.25, 0.3) is 0 Å². The minimum absolute atomic E-state index is 0.188. The highest BCUT2D eigenvalue weighted by atomic mass is 16.5. The van der Waals surface area contributed by atoms with Crippen molar-refractivity contribution in [2.24, 2.45) is 0 Å². The molecule has 4 rings (SSSR count). The van der Waals surface area contributed by atoms with Crippen molar-refractivity contribution in [3.05, 3.63) is 120 Å². The molecule has 1 aromatic heterocycles. The average Bonchev–Trinajstić information content (AvgIpc) is 3.22. The zero-order valence-electron chi connectivity index (χ0n) is 15.2. The molecule has 0 aliphatic rings. The van der Waals surface area contributed by atoms with Gasteiger partial charge in [-0.3, -0.25) is 0 Å². The van der Waals surface area contributed by atoms with Crippen LogP contribution in [0.5, 0.6) is 0 Å². The zero-order chi connectivity index (χ0) is 19.2. The number of benzene rings is 3. The monoisotopic (exact) mass is 369 g/mol. The van der Waals surface area contributed by atoms with E-state index in [-0.39, 0.29) is 5.69 Å². The first-order valence-electron chi connectivity index (χ1n) is 9.04. The first-order valence-corrected chi connectivity index (χ1v) is 9.04. The van der Waals surface area contributed by atoms with Crippen molar-refractivity contribution in [1.29, 1.82) is 0 Å². The molecule has 4 aromatic rings. The number of ether oxygens (including phenoxy) is 1. The Morgan fingerprint density at radius 1 is 0.821 bits per heavy atom. The standard InChI is InChI=1S/C23H19N3O2/c27-23(21-17-26(25-24-21)16-18-10-4-1-5-11-18)28-22(19-12-6-2-7-13-19)20-14-8-3-9-15-20/h1-15,17,22H,16H2. The topological polar surface area (TPSA) is 57.0 Å². The number of hydrogen-bond donors (Lipinski definition) is 0. The number of carbonyl (C=O) groups excluding carboxylic acids is 1. The van der Waals surface area contributed by atoms with Crippen molar-refractivity contribution >= 4 is 5.97 Å². The third kappa shape index (κ3) is 4.15. The molecule has 3 aromatic carbocycles. The van der Waals surface area contributed by atoms with E-state index >= 15 is 0 Å². The van der Waals surface area contributed by atoms with Gasteiger partial charge in [-0.2, -0.15) is 0 Å². The van der Waals surface area contributed by atoms with Gasteiger partial charge in [0.2, 0.25) is 0 Å². The van der Waals surface area contributed by atoms with E-state index in [1.165, 1.54) is 0 Å². The van der Waals surface area contributed by atoms with Gasteiger partial charge >= 0.3 is 5.97 Å². The van der Waals surface area contributed by atoms with Gasteiger partial charge in [0.15, 0.2) is 11.8 Å². The molecule has 28 heavy (non-hydrogen) atoms. The Bertz CT molecular complexity index is 992. The Balaban J connectivity index is 1.54. The first kappa shape index (κ1) is 17.7. The fraction of sp³-hybridized carbons (Fsp3) is 0.0870. The molecule has 0 aliphatic heterocycles. The molecule has 0 fully saturated rings. The lowest BCUT2D eigenvalue weighted by Crippen LogP contribution is -2.13. The van der Waals surface area contributed by atoms with Gasteiger partial charge in [0.1, 0.15) is 0 Å². The van der Waals surface area contributed by atoms with Crippen molar-refractivity contribution in [2.45, 2.75) is 12.6 Å². The maximum atomic E-state index is 12.7. The van der Waals surface area contributed by atoms with Crippen LogP contribution < -0.4 is 0 Å². The van der Waals surface area contributed by atoms with Crippen LogP contribution in [0, 0.1) is 0 Å². The summed E-state index contributed by atoms with van der Waals surface area (Å²) in [7, 11) is 0. The summed E-state index contributed by atoms with van der Waals surface area (Å²) < 4.78 is 7.45. The van der Waals surface area contributed by atoms with Gasteiger partial charge in [-0.15, -0.1) is 5.10 Å². The Hall–Kier alpha value is -3.73. The Kier molecular flexibility index (Phi) is 5.24. The first-order chi connectivity index (χ1) is 13.8. The van der Waals surface area contributed by atoms with Gasteiger partial charge in [-0.1, -0.05) is 96.2 Å². The van der Waals surface area contributed by atoms with Gasteiger partial charge in [-0.25, -0.2) is 9.48 Å². The van der Waals surface area contributed by atoms with Crippen molar-refractivity contribution in [1.82, 2.24) is 15.0 Å². The third-order valence-corrected chi connectivity index (χ3v) is 4.36. The van der Waals surface area contributed by atoms with Crippen LogP contribution in [0.15, 0.2) is 97.2 Å². The van der Waals surface area contributed by atoms with Crippen LogP contribution in [0.3, 0.4) is 0 Å². The summed E-state index contributed by atoms with van der Waals surface area (Å²) in [6.07, 6.45) is 1.11. The molecule has 0 unspecified atom stereocenters. The van der Waals surface area contributed by atoms with E-state index in [0.29, 0.717) is 6.54 Å². The summed E-state index contributed by atoms with van der Waals surface area (Å²) in [6.45, 7) is 0.544. The van der Waals surface area contributed by atoms with Crippen molar-refractivity contribution in [3.63, 3.8) is 0 Å². The molecule has 0 atom stereocenters. The molecule has 5 heteroatoms. The quantitative estimate of drug-likeness (QED) is 0.476. The molecule has 0 radical (unpaired) electrons. The minimum atomic E-state index is -0.505. The summed E-state index contributed by atoms with van der Waals surface area (Å²) in [5.74, 6) is -0.503. The van der Waals surface area contributed by atoms with E-state index < -0.39 is 12.1 Å². The Morgan fingerprint density at radius 3 is 1.93 bits per heavy atom. The maximum absolute atomic E-state index is 12.7. The van der Waals surface area contributed by atoms with Gasteiger partial charge in [0, 0.05) is 0 Å². The minimum Gasteiger partial charge on any atom is -0.448 e. The highest BCUT2D eigenvalue weighted by Gasteiger charge is 2.22. The largest absolute Gasteiger partial charge is 0.448 e. The summed E-state index contributed by atoms with van der Waals surface area (Å²) in [6, 6.07) is 29.2. The SMILES string of the molecule is O=C(OC(c1ccccc1)c1ccccc1)c1cn(Cc2ccccc2)nn1. The van der Waals surface area contributed by atoms with Crippen LogP contribution in [0.2, 0.25) is 0 Å². The molecule has 0 aliphatic carbocycles. The Labute approximate surface area is 163 Å². The van der Waals surface area contributed by atoms with E-state index in [2.05, 4.69) is 10.3 Å². The highest BCUT2D eigenvalue weighted by molar-refractivity contribution is 5.87. The molecule has 0 saturated heterocycles.